The van der Waals surface area contributed by atoms with Gasteiger partial charge in [-0.25, -0.2) is 23.2 Å². The molecule has 0 fully saturated rings. The van der Waals surface area contributed by atoms with Crippen LogP contribution in [0.1, 0.15) is 18.8 Å². The van der Waals surface area contributed by atoms with Crippen LogP contribution in [0.25, 0.3) is 21.9 Å². The summed E-state index contributed by atoms with van der Waals surface area (Å²) in [5.74, 6) is -0.450. The first kappa shape index (κ1) is 17.8. The molecule has 11 heteroatoms. The molecule has 28 heavy (non-hydrogen) atoms. The van der Waals surface area contributed by atoms with Crippen LogP contribution in [0.3, 0.4) is 0 Å². The number of hydrogen-bond acceptors (Lipinski definition) is 3. The molecule has 0 atom stereocenters. The maximum absolute atomic E-state index is 12.8. The van der Waals surface area contributed by atoms with Gasteiger partial charge in [-0.05, 0) is 36.4 Å². The largest absolute Gasteiger partial charge is 0.337 e. The highest BCUT2D eigenvalue weighted by Gasteiger charge is 2.14. The second-order valence-electron chi connectivity index (χ2n) is 5.87. The Morgan fingerprint density at radius 2 is 1.75 bits per heavy atom. The van der Waals surface area contributed by atoms with Gasteiger partial charge in [-0.2, -0.15) is 13.9 Å². The number of amides is 2. The molecule has 0 aliphatic heterocycles. The van der Waals surface area contributed by atoms with E-state index in [0.29, 0.717) is 32.5 Å². The highest BCUT2D eigenvalue weighted by Crippen LogP contribution is 2.24. The molecule has 0 saturated carbocycles. The molecule has 4 aromatic rings. The number of H-pyrrole nitrogens is 1. The van der Waals surface area contributed by atoms with E-state index in [1.54, 1.807) is 0 Å². The number of aromatic nitrogens is 4. The Bertz CT molecular complexity index is 1150. The summed E-state index contributed by atoms with van der Waals surface area (Å²) in [5, 5.41) is 9.18. The van der Waals surface area contributed by atoms with Crippen molar-refractivity contribution in [2.24, 2.45) is 0 Å². The normalized spacial score (nSPS) is 11.6. The van der Waals surface area contributed by atoms with Crippen LogP contribution in [0.4, 0.5) is 33.7 Å². The molecule has 0 spiro atoms. The fourth-order valence-corrected chi connectivity index (χ4v) is 2.79. The minimum absolute atomic E-state index is 0.237. The van der Waals surface area contributed by atoms with Crippen molar-refractivity contribution in [2.45, 2.75) is 13.0 Å². The van der Waals surface area contributed by atoms with E-state index in [1.807, 2.05) is 0 Å². The van der Waals surface area contributed by atoms with Gasteiger partial charge in [0, 0.05) is 16.8 Å². The fourth-order valence-electron chi connectivity index (χ4n) is 2.79. The number of carbonyl (C=O) groups excluding carboxylic acids is 1. The zero-order chi connectivity index (χ0) is 19.8. The van der Waals surface area contributed by atoms with Crippen molar-refractivity contribution in [3.05, 3.63) is 48.4 Å². The lowest BCUT2D eigenvalue weighted by molar-refractivity contribution is 0.0615. The number of carbonyl (C=O) groups is 1. The van der Waals surface area contributed by atoms with E-state index >= 15 is 0 Å². The van der Waals surface area contributed by atoms with E-state index < -0.39 is 24.8 Å². The minimum Gasteiger partial charge on any atom is -0.337 e. The molecule has 2 amide bonds. The molecule has 0 saturated heterocycles. The van der Waals surface area contributed by atoms with Crippen LogP contribution in [-0.2, 0) is 0 Å². The quantitative estimate of drug-likeness (QED) is 0.432. The van der Waals surface area contributed by atoms with Gasteiger partial charge in [0.2, 0.25) is 0 Å². The Morgan fingerprint density at radius 1 is 1.04 bits per heavy atom. The molecule has 0 bridgehead atoms. The standard InChI is InChI=1S/C17H12F4N6O/c18-14(19)15-25-11-3-1-10(6-12(11)26-15)24-17(28)23-9-2-4-13-8(5-9)7-22-27(13)16(20)21/h1-7,14,16H,(H,25,26)(H2,23,24,28). The summed E-state index contributed by atoms with van der Waals surface area (Å²) in [7, 11) is 0. The third-order valence-corrected chi connectivity index (χ3v) is 4.00. The van der Waals surface area contributed by atoms with Crippen molar-refractivity contribution in [3.8, 4) is 0 Å². The lowest BCUT2D eigenvalue weighted by Gasteiger charge is -2.08. The monoisotopic (exact) mass is 392 g/mol. The number of hydrogen-bond donors (Lipinski definition) is 3. The lowest BCUT2D eigenvalue weighted by Crippen LogP contribution is -2.19. The molecule has 2 aromatic carbocycles. The number of halogens is 4. The van der Waals surface area contributed by atoms with E-state index in [1.165, 1.54) is 42.6 Å². The fraction of sp³-hybridized carbons (Fsp3) is 0.118. The van der Waals surface area contributed by atoms with Gasteiger partial charge in [-0.1, -0.05) is 0 Å². The number of imidazole rings is 1. The number of benzene rings is 2. The van der Waals surface area contributed by atoms with Crippen molar-refractivity contribution in [2.75, 3.05) is 10.6 Å². The summed E-state index contributed by atoms with van der Waals surface area (Å²) in [6, 6.07) is 8.31. The van der Waals surface area contributed by atoms with Crippen LogP contribution >= 0.6 is 0 Å². The summed E-state index contributed by atoms with van der Waals surface area (Å²) >= 11 is 0. The molecule has 0 unspecified atom stereocenters. The third-order valence-electron chi connectivity index (χ3n) is 4.00. The van der Waals surface area contributed by atoms with Crippen LogP contribution in [-0.4, -0.2) is 25.8 Å². The predicted octanol–water partition coefficient (Wildman–Crippen LogP) is 4.89. The summed E-state index contributed by atoms with van der Waals surface area (Å²) in [5.41, 5.74) is 1.68. The molecule has 144 valence electrons. The summed E-state index contributed by atoms with van der Waals surface area (Å²) in [6.07, 6.45) is -1.45. The van der Waals surface area contributed by atoms with Gasteiger partial charge in [0.05, 0.1) is 22.7 Å². The molecule has 2 aromatic heterocycles. The summed E-state index contributed by atoms with van der Waals surface area (Å²) in [6.45, 7) is -2.76. The van der Waals surface area contributed by atoms with E-state index in [2.05, 4.69) is 25.7 Å². The Labute approximate surface area is 154 Å². The van der Waals surface area contributed by atoms with Gasteiger partial charge in [0.15, 0.2) is 5.82 Å². The van der Waals surface area contributed by atoms with Gasteiger partial charge >= 0.3 is 12.6 Å². The van der Waals surface area contributed by atoms with Gasteiger partial charge in [0.1, 0.15) is 0 Å². The van der Waals surface area contributed by atoms with Crippen molar-refractivity contribution in [3.63, 3.8) is 0 Å². The lowest BCUT2D eigenvalue weighted by atomic mass is 10.2. The van der Waals surface area contributed by atoms with Crippen LogP contribution in [0.2, 0.25) is 0 Å². The number of anilines is 2. The Balaban J connectivity index is 1.49. The highest BCUT2D eigenvalue weighted by molar-refractivity contribution is 6.01. The van der Waals surface area contributed by atoms with Crippen molar-refractivity contribution >= 4 is 39.3 Å². The van der Waals surface area contributed by atoms with Crippen molar-refractivity contribution in [1.29, 1.82) is 0 Å². The van der Waals surface area contributed by atoms with Crippen molar-refractivity contribution in [1.82, 2.24) is 19.7 Å². The molecule has 4 rings (SSSR count). The summed E-state index contributed by atoms with van der Waals surface area (Å²) < 4.78 is 51.6. The van der Waals surface area contributed by atoms with E-state index in [-0.39, 0.29) is 5.52 Å². The van der Waals surface area contributed by atoms with Gasteiger partial charge in [-0.15, -0.1) is 0 Å². The van der Waals surface area contributed by atoms with Crippen LogP contribution in [0, 0.1) is 0 Å². The Morgan fingerprint density at radius 3 is 2.46 bits per heavy atom. The molecule has 3 N–H and O–H groups in total. The zero-order valence-electron chi connectivity index (χ0n) is 14.0. The molecular weight excluding hydrogens is 380 g/mol. The maximum atomic E-state index is 12.8. The number of urea groups is 1. The number of aromatic amines is 1. The first-order chi connectivity index (χ1) is 13.4. The van der Waals surface area contributed by atoms with Crippen LogP contribution in [0.5, 0.6) is 0 Å². The Kier molecular flexibility index (Phi) is 4.34. The van der Waals surface area contributed by atoms with Gasteiger partial charge < -0.3 is 15.6 Å². The maximum Gasteiger partial charge on any atom is 0.333 e. The number of nitrogens with zero attached hydrogens (tertiary/aromatic N) is 3. The average molecular weight is 392 g/mol. The molecule has 0 aliphatic rings. The Hall–Kier alpha value is -3.63. The number of nitrogens with one attached hydrogen (secondary N) is 3. The average Bonchev–Trinajstić information content (AvgIpc) is 3.24. The van der Waals surface area contributed by atoms with Crippen LogP contribution < -0.4 is 10.6 Å². The second kappa shape index (κ2) is 6.83. The number of alkyl halides is 4. The topological polar surface area (TPSA) is 87.6 Å². The number of rotatable bonds is 4. The van der Waals surface area contributed by atoms with Crippen molar-refractivity contribution < 1.29 is 22.4 Å². The number of fused-ring (bicyclic) bond motifs is 2. The third kappa shape index (κ3) is 3.33. The molecular formula is C17H12F4N6O. The second-order valence-corrected chi connectivity index (χ2v) is 5.87. The van der Waals surface area contributed by atoms with Gasteiger partial charge in [0.25, 0.3) is 6.43 Å². The van der Waals surface area contributed by atoms with E-state index in [0.717, 1.165) is 0 Å². The first-order valence-electron chi connectivity index (χ1n) is 8.02. The van der Waals surface area contributed by atoms with E-state index in [9.17, 15) is 22.4 Å². The molecule has 7 nitrogen and oxygen atoms in total. The smallest absolute Gasteiger partial charge is 0.333 e. The molecule has 0 radical (unpaired) electrons. The predicted molar refractivity (Wildman–Crippen MR) is 94.7 cm³/mol. The summed E-state index contributed by atoms with van der Waals surface area (Å²) in [4.78, 5) is 18.4. The minimum atomic E-state index is -2.76. The van der Waals surface area contributed by atoms with Gasteiger partial charge in [-0.3, -0.25) is 0 Å². The SMILES string of the molecule is O=C(Nc1ccc2c(cnn2C(F)F)c1)Nc1ccc2nc(C(F)F)[nH]c2c1. The zero-order valence-corrected chi connectivity index (χ0v) is 14.0. The molecule has 2 heterocycles. The molecule has 0 aliphatic carbocycles. The first-order valence-corrected chi connectivity index (χ1v) is 8.02. The highest BCUT2D eigenvalue weighted by atomic mass is 19.3. The van der Waals surface area contributed by atoms with Crippen LogP contribution in [0.15, 0.2) is 42.6 Å². The van der Waals surface area contributed by atoms with E-state index in [4.69, 9.17) is 0 Å².